The maximum absolute atomic E-state index is 6.20. The van der Waals surface area contributed by atoms with Gasteiger partial charge in [-0.25, -0.2) is 0 Å². The third-order valence-electron chi connectivity index (χ3n) is 4.50. The molecule has 0 amide bonds. The Bertz CT molecular complexity index is 398. The third-order valence-corrected chi connectivity index (χ3v) is 4.50. The molecule has 1 fully saturated rings. The standard InChI is InChI=1S/C17H31N3O/c1-4-11-18-16(15-12-19-20(3)13-15)17(21-5-2)14-9-7-6-8-10-14/h12-14,16-18H,4-11H2,1-3H3. The van der Waals surface area contributed by atoms with Crippen molar-refractivity contribution in [1.29, 1.82) is 0 Å². The second kappa shape index (κ2) is 8.54. The van der Waals surface area contributed by atoms with E-state index in [1.54, 1.807) is 0 Å². The fraction of sp³-hybridized carbons (Fsp3) is 0.824. The highest BCUT2D eigenvalue weighted by molar-refractivity contribution is 5.13. The molecule has 0 spiro atoms. The fourth-order valence-electron chi connectivity index (χ4n) is 3.48. The minimum atomic E-state index is 0.265. The lowest BCUT2D eigenvalue weighted by Crippen LogP contribution is -2.40. The molecule has 1 aromatic rings. The molecule has 4 nitrogen and oxygen atoms in total. The zero-order chi connectivity index (χ0) is 15.1. The summed E-state index contributed by atoms with van der Waals surface area (Å²) in [5.74, 6) is 0.674. The normalized spacial score (nSPS) is 19.6. The van der Waals surface area contributed by atoms with Crippen LogP contribution in [0.5, 0.6) is 0 Å². The first kappa shape index (κ1) is 16.5. The number of nitrogens with zero attached hydrogens (tertiary/aromatic N) is 2. The summed E-state index contributed by atoms with van der Waals surface area (Å²) in [6, 6.07) is 0.265. The second-order valence-electron chi connectivity index (χ2n) is 6.20. The Morgan fingerprint density at radius 1 is 1.33 bits per heavy atom. The van der Waals surface area contributed by atoms with E-state index >= 15 is 0 Å². The van der Waals surface area contributed by atoms with Crippen molar-refractivity contribution in [1.82, 2.24) is 15.1 Å². The molecule has 0 bridgehead atoms. The van der Waals surface area contributed by atoms with Gasteiger partial charge in [0.05, 0.1) is 18.3 Å². The molecule has 0 radical (unpaired) electrons. The predicted octanol–water partition coefficient (Wildman–Crippen LogP) is 3.45. The summed E-state index contributed by atoms with van der Waals surface area (Å²) in [4.78, 5) is 0. The van der Waals surface area contributed by atoms with Crippen molar-refractivity contribution in [3.63, 3.8) is 0 Å². The first-order valence-corrected chi connectivity index (χ1v) is 8.59. The number of aromatic nitrogens is 2. The Morgan fingerprint density at radius 2 is 2.10 bits per heavy atom. The summed E-state index contributed by atoms with van der Waals surface area (Å²) in [5, 5.41) is 8.06. The molecule has 1 aromatic heterocycles. The lowest BCUT2D eigenvalue weighted by Gasteiger charge is -2.35. The summed E-state index contributed by atoms with van der Waals surface area (Å²) in [6.07, 6.45) is 12.2. The van der Waals surface area contributed by atoms with Gasteiger partial charge in [-0.3, -0.25) is 4.68 Å². The first-order chi connectivity index (χ1) is 10.3. The van der Waals surface area contributed by atoms with Gasteiger partial charge in [-0.05, 0) is 38.6 Å². The van der Waals surface area contributed by atoms with E-state index in [1.807, 2.05) is 17.9 Å². The highest BCUT2D eigenvalue weighted by Crippen LogP contribution is 2.34. The van der Waals surface area contributed by atoms with Crippen molar-refractivity contribution in [2.45, 2.75) is 64.5 Å². The molecule has 1 aliphatic rings. The van der Waals surface area contributed by atoms with Crippen molar-refractivity contribution < 1.29 is 4.74 Å². The number of hydrogen-bond donors (Lipinski definition) is 1. The molecule has 2 rings (SSSR count). The molecule has 1 aliphatic carbocycles. The topological polar surface area (TPSA) is 39.1 Å². The van der Waals surface area contributed by atoms with Gasteiger partial charge in [-0.1, -0.05) is 26.2 Å². The van der Waals surface area contributed by atoms with Gasteiger partial charge in [-0.2, -0.15) is 5.10 Å². The average molecular weight is 293 g/mol. The second-order valence-corrected chi connectivity index (χ2v) is 6.20. The lowest BCUT2D eigenvalue weighted by molar-refractivity contribution is -0.0183. The van der Waals surface area contributed by atoms with Crippen molar-refractivity contribution in [3.8, 4) is 0 Å². The van der Waals surface area contributed by atoms with E-state index < -0.39 is 0 Å². The van der Waals surface area contributed by atoms with Crippen LogP contribution in [0.3, 0.4) is 0 Å². The quantitative estimate of drug-likeness (QED) is 0.798. The molecule has 4 heteroatoms. The zero-order valence-corrected chi connectivity index (χ0v) is 13.8. The molecule has 0 aromatic carbocycles. The minimum absolute atomic E-state index is 0.265. The van der Waals surface area contributed by atoms with Crippen LogP contribution in [0.1, 0.15) is 64.0 Å². The molecule has 0 aliphatic heterocycles. The van der Waals surface area contributed by atoms with Crippen LogP contribution in [0.25, 0.3) is 0 Å². The summed E-state index contributed by atoms with van der Waals surface area (Å²) in [5.41, 5.74) is 1.26. The molecular formula is C17H31N3O. The maximum Gasteiger partial charge on any atom is 0.0798 e. The van der Waals surface area contributed by atoms with E-state index in [-0.39, 0.29) is 12.1 Å². The molecule has 0 saturated heterocycles. The van der Waals surface area contributed by atoms with E-state index in [0.717, 1.165) is 19.6 Å². The largest absolute Gasteiger partial charge is 0.376 e. The van der Waals surface area contributed by atoms with Crippen molar-refractivity contribution >= 4 is 0 Å². The van der Waals surface area contributed by atoms with E-state index in [4.69, 9.17) is 4.74 Å². The van der Waals surface area contributed by atoms with E-state index in [2.05, 4.69) is 30.5 Å². The summed E-state index contributed by atoms with van der Waals surface area (Å²) >= 11 is 0. The van der Waals surface area contributed by atoms with Gasteiger partial charge in [0, 0.05) is 25.4 Å². The van der Waals surface area contributed by atoms with Gasteiger partial charge in [0.2, 0.25) is 0 Å². The van der Waals surface area contributed by atoms with Crippen LogP contribution in [0, 0.1) is 5.92 Å². The van der Waals surface area contributed by atoms with Crippen LogP contribution in [-0.4, -0.2) is 29.0 Å². The van der Waals surface area contributed by atoms with Crippen LogP contribution in [-0.2, 0) is 11.8 Å². The van der Waals surface area contributed by atoms with E-state index in [1.165, 1.54) is 37.7 Å². The summed E-state index contributed by atoms with van der Waals surface area (Å²) in [6.45, 7) is 6.13. The predicted molar refractivity (Wildman–Crippen MR) is 86.2 cm³/mol. The molecule has 1 heterocycles. The number of aryl methyl sites for hydroxylation is 1. The Morgan fingerprint density at radius 3 is 2.67 bits per heavy atom. The van der Waals surface area contributed by atoms with Gasteiger partial charge in [-0.15, -0.1) is 0 Å². The molecular weight excluding hydrogens is 262 g/mol. The highest BCUT2D eigenvalue weighted by Gasteiger charge is 2.32. The molecule has 1 saturated carbocycles. The zero-order valence-electron chi connectivity index (χ0n) is 13.8. The monoisotopic (exact) mass is 293 g/mol. The maximum atomic E-state index is 6.20. The Labute approximate surface area is 129 Å². The van der Waals surface area contributed by atoms with Gasteiger partial charge < -0.3 is 10.1 Å². The van der Waals surface area contributed by atoms with Crippen LogP contribution >= 0.6 is 0 Å². The molecule has 1 N–H and O–H groups in total. The fourth-order valence-corrected chi connectivity index (χ4v) is 3.48. The number of nitrogens with one attached hydrogen (secondary N) is 1. The van der Waals surface area contributed by atoms with Gasteiger partial charge in [0.15, 0.2) is 0 Å². The number of ether oxygens (including phenoxy) is 1. The molecule has 2 unspecified atom stereocenters. The van der Waals surface area contributed by atoms with Crippen LogP contribution in [0.2, 0.25) is 0 Å². The van der Waals surface area contributed by atoms with Crippen LogP contribution < -0.4 is 5.32 Å². The minimum Gasteiger partial charge on any atom is -0.376 e. The van der Waals surface area contributed by atoms with E-state index in [0.29, 0.717) is 5.92 Å². The molecule has 21 heavy (non-hydrogen) atoms. The van der Waals surface area contributed by atoms with Crippen molar-refractivity contribution in [3.05, 3.63) is 18.0 Å². The Kier molecular flexibility index (Phi) is 6.71. The van der Waals surface area contributed by atoms with Crippen molar-refractivity contribution in [2.75, 3.05) is 13.2 Å². The Hall–Kier alpha value is -0.870. The number of rotatable bonds is 8. The van der Waals surface area contributed by atoms with Crippen LogP contribution in [0.4, 0.5) is 0 Å². The van der Waals surface area contributed by atoms with Crippen molar-refractivity contribution in [2.24, 2.45) is 13.0 Å². The van der Waals surface area contributed by atoms with Gasteiger partial charge in [0.1, 0.15) is 0 Å². The molecule has 120 valence electrons. The Balaban J connectivity index is 2.16. The SMILES string of the molecule is CCCNC(c1cnn(C)c1)C(OCC)C1CCCCC1. The van der Waals surface area contributed by atoms with Gasteiger partial charge in [0.25, 0.3) is 0 Å². The first-order valence-electron chi connectivity index (χ1n) is 8.59. The average Bonchev–Trinajstić information content (AvgIpc) is 2.94. The summed E-state index contributed by atoms with van der Waals surface area (Å²) < 4.78 is 8.09. The van der Waals surface area contributed by atoms with Crippen LogP contribution in [0.15, 0.2) is 12.4 Å². The number of hydrogen-bond acceptors (Lipinski definition) is 3. The third kappa shape index (κ3) is 4.55. The highest BCUT2D eigenvalue weighted by atomic mass is 16.5. The summed E-state index contributed by atoms with van der Waals surface area (Å²) in [7, 11) is 1.98. The van der Waals surface area contributed by atoms with Gasteiger partial charge >= 0.3 is 0 Å². The molecule has 2 atom stereocenters. The smallest absolute Gasteiger partial charge is 0.0798 e. The van der Waals surface area contributed by atoms with E-state index in [9.17, 15) is 0 Å². The lowest BCUT2D eigenvalue weighted by atomic mass is 9.81.